The van der Waals surface area contributed by atoms with Crippen LogP contribution in [0.3, 0.4) is 0 Å². The first-order chi connectivity index (χ1) is 7.49. The Morgan fingerprint density at radius 3 is 2.50 bits per heavy atom. The van der Waals surface area contributed by atoms with Crippen LogP contribution in [0.1, 0.15) is 13.8 Å². The Kier molecular flexibility index (Phi) is 4.65. The Hall–Kier alpha value is -1.19. The smallest absolute Gasteiger partial charge is 0.262 e. The van der Waals surface area contributed by atoms with E-state index in [1.165, 1.54) is 6.08 Å². The van der Waals surface area contributed by atoms with E-state index in [4.69, 9.17) is 23.2 Å². The summed E-state index contributed by atoms with van der Waals surface area (Å²) in [5.74, 6) is -0.217. The van der Waals surface area contributed by atoms with Crippen LogP contribution in [0.5, 0.6) is 0 Å². The third-order valence-electron chi connectivity index (χ3n) is 1.67. The average molecular weight is 259 g/mol. The van der Waals surface area contributed by atoms with E-state index in [0.29, 0.717) is 15.7 Å². The molecule has 1 amide bonds. The van der Waals surface area contributed by atoms with Gasteiger partial charge in [0, 0.05) is 6.08 Å². The summed E-state index contributed by atoms with van der Waals surface area (Å²) in [6.07, 6.45) is 1.49. The Morgan fingerprint density at radius 2 is 1.94 bits per heavy atom. The molecule has 0 aliphatic rings. The van der Waals surface area contributed by atoms with Gasteiger partial charge in [0.05, 0.1) is 15.7 Å². The highest BCUT2D eigenvalue weighted by Gasteiger charge is 2.00. The minimum atomic E-state index is -0.217. The number of benzene rings is 1. The van der Waals surface area contributed by atoms with Gasteiger partial charge in [-0.15, -0.1) is 0 Å². The molecule has 2 N–H and O–H groups in total. The molecule has 16 heavy (non-hydrogen) atoms. The number of hydrazine groups is 1. The molecule has 0 spiro atoms. The van der Waals surface area contributed by atoms with Crippen LogP contribution in [-0.4, -0.2) is 5.91 Å². The van der Waals surface area contributed by atoms with Gasteiger partial charge in [-0.2, -0.15) is 0 Å². The number of nitrogens with one attached hydrogen (secondary N) is 2. The molecule has 0 radical (unpaired) electrons. The third-order valence-corrected chi connectivity index (χ3v) is 2.41. The summed E-state index contributed by atoms with van der Waals surface area (Å²) >= 11 is 11.6. The number of rotatable bonds is 3. The predicted molar refractivity (Wildman–Crippen MR) is 67.7 cm³/mol. The van der Waals surface area contributed by atoms with Crippen molar-refractivity contribution in [3.05, 3.63) is 39.9 Å². The van der Waals surface area contributed by atoms with Gasteiger partial charge in [-0.25, -0.2) is 0 Å². The van der Waals surface area contributed by atoms with E-state index in [-0.39, 0.29) is 5.91 Å². The van der Waals surface area contributed by atoms with E-state index in [1.54, 1.807) is 18.2 Å². The maximum Gasteiger partial charge on any atom is 0.262 e. The molecule has 1 rings (SSSR count). The highest BCUT2D eigenvalue weighted by Crippen LogP contribution is 2.24. The first-order valence-electron chi connectivity index (χ1n) is 4.65. The lowest BCUT2D eigenvalue weighted by Gasteiger charge is -2.07. The molecule has 0 aliphatic heterocycles. The van der Waals surface area contributed by atoms with Crippen LogP contribution in [0, 0.1) is 0 Å². The zero-order valence-electron chi connectivity index (χ0n) is 8.97. The maximum atomic E-state index is 11.3. The Morgan fingerprint density at radius 1 is 1.25 bits per heavy atom. The summed E-state index contributed by atoms with van der Waals surface area (Å²) < 4.78 is 0. The van der Waals surface area contributed by atoms with Crippen molar-refractivity contribution >= 4 is 34.8 Å². The van der Waals surface area contributed by atoms with Gasteiger partial charge in [0.25, 0.3) is 5.91 Å². The number of amides is 1. The van der Waals surface area contributed by atoms with Crippen LogP contribution in [0.25, 0.3) is 0 Å². The van der Waals surface area contributed by atoms with E-state index in [0.717, 1.165) is 5.57 Å². The summed E-state index contributed by atoms with van der Waals surface area (Å²) in [6, 6.07) is 5.00. The molecule has 5 heteroatoms. The zero-order valence-corrected chi connectivity index (χ0v) is 10.5. The van der Waals surface area contributed by atoms with Gasteiger partial charge in [0.15, 0.2) is 0 Å². The molecule has 0 bridgehead atoms. The number of carbonyl (C=O) groups excluding carboxylic acids is 1. The molecule has 1 aromatic carbocycles. The lowest BCUT2D eigenvalue weighted by atomic mass is 10.3. The first-order valence-corrected chi connectivity index (χ1v) is 5.40. The minimum absolute atomic E-state index is 0.217. The van der Waals surface area contributed by atoms with Crippen molar-refractivity contribution in [2.24, 2.45) is 0 Å². The Balaban J connectivity index is 2.58. The van der Waals surface area contributed by atoms with Gasteiger partial charge in [0.1, 0.15) is 0 Å². The molecule has 0 aliphatic carbocycles. The van der Waals surface area contributed by atoms with E-state index in [1.807, 2.05) is 13.8 Å². The normalized spacial score (nSPS) is 9.50. The second-order valence-electron chi connectivity index (χ2n) is 3.46. The minimum Gasteiger partial charge on any atom is -0.298 e. The van der Waals surface area contributed by atoms with Gasteiger partial charge in [-0.1, -0.05) is 28.8 Å². The average Bonchev–Trinajstić information content (AvgIpc) is 2.19. The second-order valence-corrected chi connectivity index (χ2v) is 4.28. The molecule has 1 aromatic rings. The van der Waals surface area contributed by atoms with Crippen molar-refractivity contribution in [1.82, 2.24) is 5.43 Å². The van der Waals surface area contributed by atoms with Crippen molar-refractivity contribution in [1.29, 1.82) is 0 Å². The van der Waals surface area contributed by atoms with Crippen molar-refractivity contribution < 1.29 is 4.79 Å². The summed E-state index contributed by atoms with van der Waals surface area (Å²) in [6.45, 7) is 3.69. The van der Waals surface area contributed by atoms with Crippen molar-refractivity contribution in [3.63, 3.8) is 0 Å². The fraction of sp³-hybridized carbons (Fsp3) is 0.182. The monoisotopic (exact) mass is 258 g/mol. The fourth-order valence-electron chi connectivity index (χ4n) is 1.01. The molecule has 0 unspecified atom stereocenters. The van der Waals surface area contributed by atoms with Gasteiger partial charge in [-0.3, -0.25) is 15.6 Å². The lowest BCUT2D eigenvalue weighted by molar-refractivity contribution is -0.116. The van der Waals surface area contributed by atoms with Crippen LogP contribution in [0.2, 0.25) is 10.0 Å². The summed E-state index contributed by atoms with van der Waals surface area (Å²) in [4.78, 5) is 11.3. The van der Waals surface area contributed by atoms with Crippen LogP contribution < -0.4 is 10.9 Å². The number of hydrogen-bond acceptors (Lipinski definition) is 2. The first kappa shape index (κ1) is 12.9. The SMILES string of the molecule is CC(C)=CC(=O)NNc1ccc(Cl)c(Cl)c1. The quantitative estimate of drug-likeness (QED) is 0.645. The second kappa shape index (κ2) is 5.77. The van der Waals surface area contributed by atoms with Gasteiger partial charge in [0.2, 0.25) is 0 Å². The Bertz CT molecular complexity index is 426. The topological polar surface area (TPSA) is 41.1 Å². The number of hydrogen-bond donors (Lipinski definition) is 2. The number of halogens is 2. The van der Waals surface area contributed by atoms with Crippen LogP contribution >= 0.6 is 23.2 Å². The van der Waals surface area contributed by atoms with Gasteiger partial charge >= 0.3 is 0 Å². The van der Waals surface area contributed by atoms with Crippen LogP contribution in [0.15, 0.2) is 29.8 Å². The summed E-state index contributed by atoms with van der Waals surface area (Å²) in [5, 5.41) is 0.908. The molecule has 0 saturated heterocycles. The standard InChI is InChI=1S/C11H12Cl2N2O/c1-7(2)5-11(16)15-14-8-3-4-9(12)10(13)6-8/h3-6,14H,1-2H3,(H,15,16). The van der Waals surface area contributed by atoms with Crippen molar-refractivity contribution in [2.75, 3.05) is 5.43 Å². The molecule has 86 valence electrons. The van der Waals surface area contributed by atoms with Crippen LogP contribution in [0.4, 0.5) is 5.69 Å². The molecular formula is C11H12Cl2N2O. The number of anilines is 1. The number of carbonyl (C=O) groups is 1. The van der Waals surface area contributed by atoms with Gasteiger partial charge in [-0.05, 0) is 32.0 Å². The highest BCUT2D eigenvalue weighted by molar-refractivity contribution is 6.42. The van der Waals surface area contributed by atoms with E-state index in [9.17, 15) is 4.79 Å². The fourth-order valence-corrected chi connectivity index (χ4v) is 1.30. The molecule has 0 heterocycles. The van der Waals surface area contributed by atoms with Crippen LogP contribution in [-0.2, 0) is 4.79 Å². The van der Waals surface area contributed by atoms with E-state index >= 15 is 0 Å². The molecule has 0 aromatic heterocycles. The van der Waals surface area contributed by atoms with E-state index in [2.05, 4.69) is 10.9 Å². The largest absolute Gasteiger partial charge is 0.298 e. The Labute approximate surface area is 104 Å². The number of allylic oxidation sites excluding steroid dienone is 1. The molecular weight excluding hydrogens is 247 g/mol. The van der Waals surface area contributed by atoms with Gasteiger partial charge < -0.3 is 0 Å². The van der Waals surface area contributed by atoms with Crippen molar-refractivity contribution in [2.45, 2.75) is 13.8 Å². The molecule has 0 fully saturated rings. The predicted octanol–water partition coefficient (Wildman–Crippen LogP) is 3.40. The molecule has 3 nitrogen and oxygen atoms in total. The zero-order chi connectivity index (χ0) is 12.1. The van der Waals surface area contributed by atoms with Crippen molar-refractivity contribution in [3.8, 4) is 0 Å². The molecule has 0 atom stereocenters. The lowest BCUT2D eigenvalue weighted by Crippen LogP contribution is -2.27. The highest BCUT2D eigenvalue weighted by atomic mass is 35.5. The third kappa shape index (κ3) is 4.13. The van der Waals surface area contributed by atoms with E-state index < -0.39 is 0 Å². The summed E-state index contributed by atoms with van der Waals surface area (Å²) in [5.41, 5.74) is 6.84. The molecule has 0 saturated carbocycles. The maximum absolute atomic E-state index is 11.3. The summed E-state index contributed by atoms with van der Waals surface area (Å²) in [7, 11) is 0.